The highest BCUT2D eigenvalue weighted by Gasteiger charge is 2.33. The summed E-state index contributed by atoms with van der Waals surface area (Å²) in [6, 6.07) is 34.1. The van der Waals surface area contributed by atoms with Gasteiger partial charge in [-0.25, -0.2) is 15.1 Å². The number of methoxy groups -OCH3 is 5. The lowest BCUT2D eigenvalue weighted by molar-refractivity contribution is -0.464. The van der Waals surface area contributed by atoms with Gasteiger partial charge in [0, 0.05) is 74.9 Å². The van der Waals surface area contributed by atoms with Gasteiger partial charge < -0.3 is 48.9 Å². The van der Waals surface area contributed by atoms with E-state index in [4.69, 9.17) is 33.4 Å². The summed E-state index contributed by atoms with van der Waals surface area (Å²) in [7, 11) is 8.83. The van der Waals surface area contributed by atoms with Gasteiger partial charge in [-0.15, -0.1) is 0 Å². The van der Waals surface area contributed by atoms with Crippen LogP contribution >= 0.6 is 0 Å². The fourth-order valence-electron chi connectivity index (χ4n) is 14.0. The van der Waals surface area contributed by atoms with Crippen molar-refractivity contribution < 1.29 is 48.7 Å². The Hall–Kier alpha value is -8.00. The number of carbonyl (C=O) groups excluding carboxylic acids is 1. The van der Waals surface area contributed by atoms with Gasteiger partial charge in [0.1, 0.15) is 52.5 Å². The fraction of sp³-hybridized carbons (Fsp3) is 0.470. The molecular formula is C83H107N4O9+. The molecule has 10 rings (SSSR count). The van der Waals surface area contributed by atoms with Crippen LogP contribution in [0.1, 0.15) is 222 Å². The first-order valence-corrected chi connectivity index (χ1v) is 34.4. The molecule has 1 fully saturated rings. The maximum atomic E-state index is 14.9. The number of aromatic hydroxyl groups is 1. The fourth-order valence-corrected chi connectivity index (χ4v) is 14.0. The van der Waals surface area contributed by atoms with Gasteiger partial charge in [-0.05, 0) is 142 Å². The number of quaternary nitrogens is 1. The number of ether oxygens (including phenoxy) is 6. The molecule has 2 aliphatic heterocycles. The normalized spacial score (nSPS) is 16.3. The van der Waals surface area contributed by atoms with Crippen molar-refractivity contribution in [1.29, 1.82) is 0 Å². The Morgan fingerprint density at radius 3 is 1.11 bits per heavy atom. The Kier molecular flexibility index (Phi) is 20.5. The first kappa shape index (κ1) is 70.8. The minimum Gasteiger partial charge on any atom is -0.507 e. The van der Waals surface area contributed by atoms with Crippen LogP contribution in [0.5, 0.6) is 40.2 Å². The zero-order chi connectivity index (χ0) is 69.6. The second kappa shape index (κ2) is 27.9. The number of hydrogen-bond donors (Lipinski definition) is 4. The van der Waals surface area contributed by atoms with E-state index >= 15 is 0 Å². The van der Waals surface area contributed by atoms with E-state index in [9.17, 15) is 15.0 Å². The van der Waals surface area contributed by atoms with Crippen LogP contribution in [0.25, 0.3) is 0 Å². The molecule has 0 radical (unpaired) electrons. The monoisotopic (exact) mass is 1300 g/mol. The number of fused-ring (bicyclic) bond motifs is 13. The summed E-state index contributed by atoms with van der Waals surface area (Å²) < 4.78 is 39.6. The zero-order valence-electron chi connectivity index (χ0n) is 61.1. The first-order chi connectivity index (χ1) is 45.2. The van der Waals surface area contributed by atoms with Gasteiger partial charge in [0.15, 0.2) is 5.96 Å². The van der Waals surface area contributed by atoms with Gasteiger partial charge in [-0.3, -0.25) is 0 Å². The third-order valence-electron chi connectivity index (χ3n) is 19.6. The van der Waals surface area contributed by atoms with Gasteiger partial charge >= 0.3 is 5.91 Å². The van der Waals surface area contributed by atoms with Gasteiger partial charge in [0.05, 0.1) is 59.8 Å². The van der Waals surface area contributed by atoms with Crippen molar-refractivity contribution in [2.45, 2.75) is 194 Å². The highest BCUT2D eigenvalue weighted by atomic mass is 16.5. The number of benzene rings is 7. The number of aliphatic hydroxyl groups is 1. The van der Waals surface area contributed by atoms with E-state index in [2.05, 4.69) is 175 Å². The van der Waals surface area contributed by atoms with Crippen LogP contribution in [0.2, 0.25) is 0 Å². The molecule has 0 unspecified atom stereocenters. The van der Waals surface area contributed by atoms with E-state index in [1.807, 2.05) is 30.3 Å². The molecule has 1 amide bonds. The van der Waals surface area contributed by atoms with Crippen LogP contribution in [-0.4, -0.2) is 101 Å². The molecule has 0 saturated carbocycles. The second-order valence-electron chi connectivity index (χ2n) is 32.2. The molecule has 512 valence electrons. The molecule has 13 heteroatoms. The molecule has 2 heterocycles. The smallest absolute Gasteiger partial charge is 0.347 e. The molecule has 13 nitrogen and oxygen atoms in total. The van der Waals surface area contributed by atoms with Crippen LogP contribution < -0.4 is 39.1 Å². The third kappa shape index (κ3) is 15.7. The van der Waals surface area contributed by atoms with E-state index in [0.29, 0.717) is 71.9 Å². The SMILES string of the molecule is COc1c2cc(C(C)(C)C)cc1Cc1cc(C(C)(C)C)cc(c1OC)Cc1cc(C(C)(C)C)cc(c1OC)Cc1cc(C(C)(C)C)cc(c1OC)Cc1cc(C(C)(C)C)cc(c1OC)Cc1cc([NH2+]C(=O)c3cccc(OC[C@@H]4CCN5CC[C@H](CO)N=C5N4)c3)cc(c1O)C2. The number of amides is 1. The maximum absolute atomic E-state index is 14.9. The van der Waals surface area contributed by atoms with E-state index in [-0.39, 0.29) is 70.3 Å². The summed E-state index contributed by atoms with van der Waals surface area (Å²) >= 11 is 0. The minimum atomic E-state index is -0.284. The van der Waals surface area contributed by atoms with Crippen molar-refractivity contribution >= 4 is 17.6 Å². The molecule has 7 aromatic carbocycles. The summed E-state index contributed by atoms with van der Waals surface area (Å²) in [6.07, 6.45) is 4.33. The van der Waals surface area contributed by atoms with Crippen LogP contribution in [-0.2, 0) is 65.6 Å². The number of carbonyl (C=O) groups is 1. The number of aliphatic imine (C=N–C) groups is 1. The number of aliphatic hydroxyl groups excluding tert-OH is 1. The Morgan fingerprint density at radius 2 is 0.802 bits per heavy atom. The van der Waals surface area contributed by atoms with Crippen LogP contribution in [0.4, 0.5) is 5.69 Å². The molecule has 1 saturated heterocycles. The first-order valence-electron chi connectivity index (χ1n) is 34.4. The number of nitrogens with two attached hydrogens (primary N) is 1. The Labute approximate surface area is 572 Å². The number of hydrogen-bond acceptors (Lipinski definition) is 12. The number of phenols is 1. The number of primary amides is 1. The van der Waals surface area contributed by atoms with Crippen molar-refractivity contribution in [2.24, 2.45) is 4.99 Å². The summed E-state index contributed by atoms with van der Waals surface area (Å²) in [4.78, 5) is 21.9. The number of nitrogens with zero attached hydrogens (tertiary/aromatic N) is 2. The number of nitrogens with one attached hydrogen (secondary N) is 1. The summed E-state index contributed by atoms with van der Waals surface area (Å²) in [5, 5.41) is 28.2. The standard InChI is InChI=1S/C83H106N4O9/c1-79(2,3)62-34-52-28-50-44-69(84-77(90)49-22-21-23-70(46-49)96-48-68-25-27-87-26-24-67(47-88)85-78(87)86-68)45-51(71(50)89)29-53-35-63(80(4,5)6)37-55(73(53)92-17)31-57-39-65(82(10,11)12)41-59(75(57)94-19)33-61-43-66(83(13,14)15)42-60(76(61)95-20)32-58-40-64(81(7,8)9)38-56(74(58)93-18)30-54(36-62)72(52)91-16/h21-23,34-46,67-68,88-89H,24-33,47-48H2,1-20H3,(H,84,90)(H,85,86)/p+1/t67-,68+/m1/s1. The third-order valence-corrected chi connectivity index (χ3v) is 19.6. The van der Waals surface area contributed by atoms with E-state index in [0.717, 1.165) is 116 Å². The van der Waals surface area contributed by atoms with Crippen molar-refractivity contribution in [2.75, 3.05) is 61.9 Å². The number of phenolic OH excluding ortho intramolecular Hbond substituents is 1. The molecule has 0 spiro atoms. The quantitative estimate of drug-likeness (QED) is 0.0722. The number of rotatable bonds is 11. The second-order valence-corrected chi connectivity index (χ2v) is 32.2. The summed E-state index contributed by atoms with van der Waals surface area (Å²) in [5.74, 6) is 5.20. The molecule has 5 N–H and O–H groups in total. The number of guanidine groups is 1. The molecule has 1 aliphatic carbocycles. The van der Waals surface area contributed by atoms with Gasteiger partial charge in [-0.2, -0.15) is 0 Å². The maximum Gasteiger partial charge on any atom is 0.347 e. The van der Waals surface area contributed by atoms with Gasteiger partial charge in [0.25, 0.3) is 0 Å². The van der Waals surface area contributed by atoms with E-state index in [1.54, 1.807) is 46.9 Å². The zero-order valence-corrected chi connectivity index (χ0v) is 61.1. The minimum absolute atomic E-state index is 0.0101. The molecule has 3 aliphatic rings. The Morgan fingerprint density at radius 1 is 0.479 bits per heavy atom. The molecular weight excluding hydrogens is 1200 g/mol. The van der Waals surface area contributed by atoms with Crippen LogP contribution in [0, 0.1) is 0 Å². The van der Waals surface area contributed by atoms with Crippen molar-refractivity contribution in [3.8, 4) is 40.2 Å². The summed E-state index contributed by atoms with van der Waals surface area (Å²) in [6.45, 7) is 35.9. The Balaban J connectivity index is 1.18. The van der Waals surface area contributed by atoms with Gasteiger partial charge in [-0.1, -0.05) is 171 Å². The molecule has 2 atom stereocenters. The topological polar surface area (TPSA) is 157 Å². The average Bonchev–Trinajstić information content (AvgIpc) is 0.740. The highest BCUT2D eigenvalue weighted by molar-refractivity contribution is 5.88. The van der Waals surface area contributed by atoms with E-state index < -0.39 is 0 Å². The predicted molar refractivity (Wildman–Crippen MR) is 387 cm³/mol. The molecule has 0 aromatic heterocycles. The van der Waals surface area contributed by atoms with Crippen LogP contribution in [0.3, 0.4) is 0 Å². The van der Waals surface area contributed by atoms with Crippen molar-refractivity contribution in [3.05, 3.63) is 197 Å². The molecule has 96 heavy (non-hydrogen) atoms. The molecule has 12 bridgehead atoms. The van der Waals surface area contributed by atoms with Crippen molar-refractivity contribution in [3.63, 3.8) is 0 Å². The van der Waals surface area contributed by atoms with Gasteiger partial charge in [0.2, 0.25) is 0 Å². The average molecular weight is 1300 g/mol. The lowest BCUT2D eigenvalue weighted by Crippen LogP contribution is -2.82. The largest absolute Gasteiger partial charge is 0.507 e. The predicted octanol–water partition coefficient (Wildman–Crippen LogP) is 15.0. The summed E-state index contributed by atoms with van der Waals surface area (Å²) in [5.41, 5.74) is 17.0. The van der Waals surface area contributed by atoms with Crippen molar-refractivity contribution in [1.82, 2.24) is 10.2 Å². The van der Waals surface area contributed by atoms with E-state index in [1.165, 1.54) is 16.7 Å². The lowest BCUT2D eigenvalue weighted by atomic mass is 9.79. The molecule has 7 aromatic rings. The Bertz CT molecular complexity index is 3880. The highest BCUT2D eigenvalue weighted by Crippen LogP contribution is 2.46. The lowest BCUT2D eigenvalue weighted by Gasteiger charge is -2.39. The van der Waals surface area contributed by atoms with Crippen LogP contribution in [0.15, 0.2) is 102 Å².